The molecule has 1 unspecified atom stereocenters. The zero-order valence-corrected chi connectivity index (χ0v) is 11.0. The number of hydrogen-bond donors (Lipinski definition) is 0. The second-order valence-electron chi connectivity index (χ2n) is 4.15. The van der Waals surface area contributed by atoms with Crippen molar-refractivity contribution in [2.75, 3.05) is 13.1 Å². The van der Waals surface area contributed by atoms with Gasteiger partial charge in [0.2, 0.25) is 0 Å². The minimum absolute atomic E-state index is 0.0214. The molecule has 0 amide bonds. The van der Waals surface area contributed by atoms with Crippen LogP contribution in [0.2, 0.25) is 0 Å². The van der Waals surface area contributed by atoms with Crippen molar-refractivity contribution in [3.8, 4) is 0 Å². The van der Waals surface area contributed by atoms with E-state index in [9.17, 15) is 4.79 Å². The zero-order chi connectivity index (χ0) is 11.5. The molecule has 1 heterocycles. The van der Waals surface area contributed by atoms with Gasteiger partial charge >= 0.3 is 0 Å². The summed E-state index contributed by atoms with van der Waals surface area (Å²) in [6, 6.07) is 8.07. The van der Waals surface area contributed by atoms with E-state index in [0.717, 1.165) is 36.0 Å². The van der Waals surface area contributed by atoms with E-state index in [-0.39, 0.29) is 6.04 Å². The van der Waals surface area contributed by atoms with Crippen LogP contribution in [0, 0.1) is 0 Å². The highest BCUT2D eigenvalue weighted by atomic mass is 79.9. The summed E-state index contributed by atoms with van der Waals surface area (Å²) in [5.74, 6) is 0.357. The molecule has 0 radical (unpaired) electrons. The monoisotopic (exact) mass is 281 g/mol. The van der Waals surface area contributed by atoms with Crippen molar-refractivity contribution in [1.29, 1.82) is 0 Å². The second-order valence-corrected chi connectivity index (χ2v) is 5.07. The molecule has 86 valence electrons. The summed E-state index contributed by atoms with van der Waals surface area (Å²) in [5.41, 5.74) is 1.12. The SMILES string of the molecule is CCN1CCCC(=O)C1c1ccc(Br)cc1. The van der Waals surface area contributed by atoms with Crippen molar-refractivity contribution in [3.05, 3.63) is 34.3 Å². The van der Waals surface area contributed by atoms with Gasteiger partial charge in [-0.1, -0.05) is 35.0 Å². The van der Waals surface area contributed by atoms with Crippen molar-refractivity contribution < 1.29 is 4.79 Å². The molecule has 0 aromatic heterocycles. The number of rotatable bonds is 2. The molecule has 1 aliphatic rings. The Labute approximate surface area is 105 Å². The Bertz CT molecular complexity index is 374. The lowest BCUT2D eigenvalue weighted by atomic mass is 9.94. The summed E-state index contributed by atoms with van der Waals surface area (Å²) in [6.07, 6.45) is 1.72. The normalized spacial score (nSPS) is 22.4. The van der Waals surface area contributed by atoms with Crippen LogP contribution in [0.3, 0.4) is 0 Å². The number of piperidine rings is 1. The average molecular weight is 282 g/mol. The number of halogens is 1. The quantitative estimate of drug-likeness (QED) is 0.830. The van der Waals surface area contributed by atoms with Crippen LogP contribution in [0.4, 0.5) is 0 Å². The lowest BCUT2D eigenvalue weighted by Gasteiger charge is -2.33. The van der Waals surface area contributed by atoms with Gasteiger partial charge in [0.25, 0.3) is 0 Å². The minimum atomic E-state index is -0.0214. The van der Waals surface area contributed by atoms with Crippen LogP contribution in [0.15, 0.2) is 28.7 Å². The van der Waals surface area contributed by atoms with Gasteiger partial charge in [0.15, 0.2) is 5.78 Å². The third-order valence-corrected chi connectivity index (χ3v) is 3.66. The number of carbonyl (C=O) groups is 1. The number of Topliss-reactive ketones (excluding diaryl/α,β-unsaturated/α-hetero) is 1. The lowest BCUT2D eigenvalue weighted by Crippen LogP contribution is -2.38. The summed E-state index contributed by atoms with van der Waals surface area (Å²) < 4.78 is 1.06. The highest BCUT2D eigenvalue weighted by molar-refractivity contribution is 9.10. The van der Waals surface area contributed by atoms with Crippen molar-refractivity contribution >= 4 is 21.7 Å². The summed E-state index contributed by atoms with van der Waals surface area (Å²) in [5, 5.41) is 0. The highest BCUT2D eigenvalue weighted by Gasteiger charge is 2.29. The molecular formula is C13H16BrNO. The van der Waals surface area contributed by atoms with Crippen LogP contribution in [0.25, 0.3) is 0 Å². The second kappa shape index (κ2) is 5.11. The predicted octanol–water partition coefficient (Wildman–Crippen LogP) is 3.18. The fourth-order valence-corrected chi connectivity index (χ4v) is 2.57. The van der Waals surface area contributed by atoms with Gasteiger partial charge in [0.1, 0.15) is 0 Å². The molecule has 0 spiro atoms. The van der Waals surface area contributed by atoms with Gasteiger partial charge in [0, 0.05) is 10.9 Å². The molecule has 16 heavy (non-hydrogen) atoms. The number of likely N-dealkylation sites (tertiary alicyclic amines) is 1. The van der Waals surface area contributed by atoms with Gasteiger partial charge in [-0.05, 0) is 37.2 Å². The Morgan fingerprint density at radius 3 is 2.69 bits per heavy atom. The van der Waals surface area contributed by atoms with E-state index >= 15 is 0 Å². The average Bonchev–Trinajstić information content (AvgIpc) is 2.30. The topological polar surface area (TPSA) is 20.3 Å². The van der Waals surface area contributed by atoms with E-state index in [1.807, 2.05) is 24.3 Å². The first-order chi connectivity index (χ1) is 7.72. The maximum Gasteiger partial charge on any atom is 0.154 e. The van der Waals surface area contributed by atoms with Gasteiger partial charge in [-0.3, -0.25) is 9.69 Å². The minimum Gasteiger partial charge on any atom is -0.298 e. The van der Waals surface area contributed by atoms with Crippen LogP contribution in [0.1, 0.15) is 31.4 Å². The molecule has 0 N–H and O–H groups in total. The number of benzene rings is 1. The molecule has 0 bridgehead atoms. The molecule has 0 aliphatic carbocycles. The molecule has 2 rings (SSSR count). The Morgan fingerprint density at radius 2 is 2.06 bits per heavy atom. The van der Waals surface area contributed by atoms with Gasteiger partial charge in [-0.15, -0.1) is 0 Å². The summed E-state index contributed by atoms with van der Waals surface area (Å²) in [7, 11) is 0. The van der Waals surface area contributed by atoms with Gasteiger partial charge in [-0.2, -0.15) is 0 Å². The Balaban J connectivity index is 2.28. The molecule has 1 aromatic carbocycles. The van der Waals surface area contributed by atoms with E-state index in [1.165, 1.54) is 0 Å². The fraction of sp³-hybridized carbons (Fsp3) is 0.462. The Kier molecular flexibility index (Phi) is 3.77. The molecule has 1 atom stereocenters. The van der Waals surface area contributed by atoms with Crippen molar-refractivity contribution in [3.63, 3.8) is 0 Å². The van der Waals surface area contributed by atoms with Crippen LogP contribution in [-0.2, 0) is 4.79 Å². The fourth-order valence-electron chi connectivity index (χ4n) is 2.31. The largest absolute Gasteiger partial charge is 0.298 e. The number of nitrogens with zero attached hydrogens (tertiary/aromatic N) is 1. The Morgan fingerprint density at radius 1 is 1.38 bits per heavy atom. The first kappa shape index (κ1) is 11.8. The molecule has 1 saturated heterocycles. The first-order valence-electron chi connectivity index (χ1n) is 5.74. The summed E-state index contributed by atoms with van der Waals surface area (Å²) >= 11 is 3.42. The summed E-state index contributed by atoms with van der Waals surface area (Å²) in [4.78, 5) is 14.3. The molecule has 1 aliphatic heterocycles. The maximum absolute atomic E-state index is 12.0. The van der Waals surface area contributed by atoms with Gasteiger partial charge < -0.3 is 0 Å². The molecule has 1 fully saturated rings. The third-order valence-electron chi connectivity index (χ3n) is 3.13. The number of carbonyl (C=O) groups excluding carboxylic acids is 1. The van der Waals surface area contributed by atoms with Gasteiger partial charge in [0.05, 0.1) is 6.04 Å². The summed E-state index contributed by atoms with van der Waals surface area (Å²) in [6.45, 7) is 4.08. The number of ketones is 1. The first-order valence-corrected chi connectivity index (χ1v) is 6.54. The molecule has 2 nitrogen and oxygen atoms in total. The molecular weight excluding hydrogens is 266 g/mol. The van der Waals surface area contributed by atoms with E-state index in [4.69, 9.17) is 0 Å². The van der Waals surface area contributed by atoms with Crippen molar-refractivity contribution in [2.45, 2.75) is 25.8 Å². The van der Waals surface area contributed by atoms with E-state index in [0.29, 0.717) is 5.78 Å². The molecule has 1 aromatic rings. The van der Waals surface area contributed by atoms with Crippen LogP contribution < -0.4 is 0 Å². The van der Waals surface area contributed by atoms with Crippen molar-refractivity contribution in [2.24, 2.45) is 0 Å². The maximum atomic E-state index is 12.0. The van der Waals surface area contributed by atoms with Crippen molar-refractivity contribution in [1.82, 2.24) is 4.90 Å². The van der Waals surface area contributed by atoms with E-state index in [1.54, 1.807) is 0 Å². The third kappa shape index (κ3) is 2.36. The number of hydrogen-bond acceptors (Lipinski definition) is 2. The van der Waals surface area contributed by atoms with Crippen LogP contribution in [0.5, 0.6) is 0 Å². The van der Waals surface area contributed by atoms with E-state index < -0.39 is 0 Å². The van der Waals surface area contributed by atoms with Crippen LogP contribution in [-0.4, -0.2) is 23.8 Å². The van der Waals surface area contributed by atoms with Gasteiger partial charge in [-0.25, -0.2) is 0 Å². The molecule has 0 saturated carbocycles. The Hall–Kier alpha value is -0.670. The standard InChI is InChI=1S/C13H16BrNO/c1-2-15-9-3-4-12(16)13(15)10-5-7-11(14)8-6-10/h5-8,13H,2-4,9H2,1H3. The van der Waals surface area contributed by atoms with E-state index in [2.05, 4.69) is 27.8 Å². The predicted molar refractivity (Wildman–Crippen MR) is 68.4 cm³/mol. The zero-order valence-electron chi connectivity index (χ0n) is 9.45. The smallest absolute Gasteiger partial charge is 0.154 e. The number of likely N-dealkylation sites (N-methyl/N-ethyl adjacent to an activating group) is 1. The van der Waals surface area contributed by atoms with Crippen LogP contribution >= 0.6 is 15.9 Å². The highest BCUT2D eigenvalue weighted by Crippen LogP contribution is 2.28. The molecule has 3 heteroatoms. The lowest BCUT2D eigenvalue weighted by molar-refractivity contribution is -0.127.